The van der Waals surface area contributed by atoms with Crippen molar-refractivity contribution in [1.29, 1.82) is 0 Å². The van der Waals surface area contributed by atoms with Crippen molar-refractivity contribution in [2.75, 3.05) is 0 Å². The molecule has 0 amide bonds. The van der Waals surface area contributed by atoms with E-state index in [1.807, 2.05) is 31.2 Å². The third kappa shape index (κ3) is 2.72. The van der Waals surface area contributed by atoms with Gasteiger partial charge < -0.3 is 9.72 Å². The van der Waals surface area contributed by atoms with Crippen LogP contribution in [-0.4, -0.2) is 27.7 Å². The number of aryl methyl sites for hydroxylation is 1. The maximum absolute atomic E-state index is 13.2. The summed E-state index contributed by atoms with van der Waals surface area (Å²) >= 11 is 6.85. The van der Waals surface area contributed by atoms with Gasteiger partial charge in [0.05, 0.1) is 5.41 Å². The fourth-order valence-corrected chi connectivity index (χ4v) is 7.22. The molecule has 1 aromatic carbocycles. The van der Waals surface area contributed by atoms with Crippen LogP contribution in [0.1, 0.15) is 61.5 Å². The van der Waals surface area contributed by atoms with Crippen molar-refractivity contribution in [3.05, 3.63) is 35.5 Å². The van der Waals surface area contributed by atoms with E-state index in [4.69, 9.17) is 16.3 Å². The molecule has 6 rings (SSSR count). The van der Waals surface area contributed by atoms with Gasteiger partial charge in [0.25, 0.3) is 0 Å². The van der Waals surface area contributed by atoms with Gasteiger partial charge in [0.1, 0.15) is 0 Å². The summed E-state index contributed by atoms with van der Waals surface area (Å²) in [6.07, 6.45) is 4.84. The summed E-state index contributed by atoms with van der Waals surface area (Å²) in [5, 5.41) is 0.877. The summed E-state index contributed by atoms with van der Waals surface area (Å²) < 4.78 is 5.81. The highest BCUT2D eigenvalue weighted by Gasteiger charge is 2.61. The smallest absolute Gasteiger partial charge is 0.312 e. The van der Waals surface area contributed by atoms with E-state index in [1.54, 1.807) is 6.92 Å². The fraction of sp³-hybridized carbons (Fsp3) is 0.565. The summed E-state index contributed by atoms with van der Waals surface area (Å²) in [5.74, 6) is 0.680. The van der Waals surface area contributed by atoms with Crippen LogP contribution in [0.5, 0.6) is 0 Å². The number of ketones is 1. The molecule has 0 unspecified atom stereocenters. The maximum atomic E-state index is 13.2. The summed E-state index contributed by atoms with van der Waals surface area (Å²) in [6.45, 7) is 3.58. The van der Waals surface area contributed by atoms with Crippen LogP contribution in [0, 0.1) is 24.2 Å². The number of aromatic amines is 1. The number of hydrogen-bond acceptors (Lipinski definition) is 3. The van der Waals surface area contributed by atoms with E-state index in [-0.39, 0.29) is 16.6 Å². The molecule has 2 aromatic rings. The lowest BCUT2D eigenvalue weighted by Crippen LogP contribution is -2.56. The van der Waals surface area contributed by atoms with Gasteiger partial charge in [0.15, 0.2) is 6.10 Å². The van der Waals surface area contributed by atoms with Crippen LogP contribution in [-0.2, 0) is 9.53 Å². The zero-order valence-corrected chi connectivity index (χ0v) is 17.1. The van der Waals surface area contributed by atoms with Crippen molar-refractivity contribution in [3.63, 3.8) is 0 Å². The number of halogens is 1. The number of benzene rings is 1. The van der Waals surface area contributed by atoms with Gasteiger partial charge in [-0.25, -0.2) is 0 Å². The molecule has 0 aliphatic heterocycles. The van der Waals surface area contributed by atoms with Crippen LogP contribution >= 0.6 is 11.6 Å². The quantitative estimate of drug-likeness (QED) is 0.438. The number of nitrogens with one attached hydrogen (secondary N) is 1. The monoisotopic (exact) mass is 399 g/mol. The predicted molar refractivity (Wildman–Crippen MR) is 109 cm³/mol. The minimum absolute atomic E-state index is 0.145. The Labute approximate surface area is 170 Å². The largest absolute Gasteiger partial charge is 0.454 e. The Morgan fingerprint density at radius 3 is 2.54 bits per heavy atom. The zero-order chi connectivity index (χ0) is 19.7. The number of esters is 1. The number of H-pyrrole nitrogens is 1. The number of aromatic nitrogens is 1. The molecule has 0 saturated heterocycles. The lowest BCUT2D eigenvalue weighted by Gasteiger charge is -2.58. The number of Topliss-reactive ketones (excluding diaryl/α,β-unsaturated/α-hetero) is 1. The van der Waals surface area contributed by atoms with Crippen molar-refractivity contribution < 1.29 is 14.3 Å². The molecule has 4 aliphatic carbocycles. The average Bonchev–Trinajstić information content (AvgIpc) is 2.94. The van der Waals surface area contributed by atoms with E-state index in [0.29, 0.717) is 23.8 Å². The Morgan fingerprint density at radius 1 is 1.18 bits per heavy atom. The molecule has 4 aliphatic rings. The normalized spacial score (nSPS) is 34.5. The molecule has 1 N–H and O–H groups in total. The lowest BCUT2D eigenvalue weighted by atomic mass is 9.49. The Balaban J connectivity index is 1.38. The van der Waals surface area contributed by atoms with Gasteiger partial charge in [0.2, 0.25) is 5.78 Å². The second kappa shape index (κ2) is 6.09. The molecule has 0 radical (unpaired) electrons. The minimum atomic E-state index is -0.801. The molecular weight excluding hydrogens is 374 g/mol. The topological polar surface area (TPSA) is 59.2 Å². The Bertz CT molecular complexity index is 963. The molecule has 4 fully saturated rings. The Morgan fingerprint density at radius 2 is 1.86 bits per heavy atom. The van der Waals surface area contributed by atoms with Gasteiger partial charge in [-0.15, -0.1) is 11.6 Å². The molecule has 1 aromatic heterocycles. The van der Waals surface area contributed by atoms with Gasteiger partial charge >= 0.3 is 5.97 Å². The molecule has 4 saturated carbocycles. The van der Waals surface area contributed by atoms with E-state index in [2.05, 4.69) is 4.98 Å². The van der Waals surface area contributed by atoms with E-state index < -0.39 is 11.5 Å². The average molecular weight is 400 g/mol. The molecule has 0 spiro atoms. The molecule has 148 valence electrons. The second-order valence-corrected chi connectivity index (χ2v) is 10.3. The molecule has 1 heterocycles. The van der Waals surface area contributed by atoms with Gasteiger partial charge in [-0.1, -0.05) is 18.2 Å². The van der Waals surface area contributed by atoms with E-state index in [1.165, 1.54) is 6.42 Å². The predicted octanol–water partition coefficient (Wildman–Crippen LogP) is 5.17. The molecule has 5 heteroatoms. The number of para-hydroxylation sites is 1. The first-order chi connectivity index (χ1) is 13.3. The third-order valence-electron chi connectivity index (χ3n) is 7.22. The van der Waals surface area contributed by atoms with Crippen LogP contribution in [0.4, 0.5) is 0 Å². The van der Waals surface area contributed by atoms with Crippen LogP contribution in [0.25, 0.3) is 10.9 Å². The summed E-state index contributed by atoms with van der Waals surface area (Å²) in [5.41, 5.74) is 1.86. The van der Waals surface area contributed by atoms with Crippen molar-refractivity contribution in [3.8, 4) is 0 Å². The highest BCUT2D eigenvalue weighted by atomic mass is 35.5. The fourth-order valence-electron chi connectivity index (χ4n) is 6.53. The van der Waals surface area contributed by atoms with Gasteiger partial charge in [0, 0.05) is 27.0 Å². The van der Waals surface area contributed by atoms with Crippen LogP contribution in [0.2, 0.25) is 0 Å². The van der Waals surface area contributed by atoms with Gasteiger partial charge in [-0.3, -0.25) is 9.59 Å². The molecular formula is C23H26ClNO3. The molecule has 3 atom stereocenters. The van der Waals surface area contributed by atoms with E-state index >= 15 is 0 Å². The first-order valence-corrected chi connectivity index (χ1v) is 10.7. The van der Waals surface area contributed by atoms with Crippen molar-refractivity contribution in [2.24, 2.45) is 17.3 Å². The molecule has 28 heavy (non-hydrogen) atoms. The molecule has 4 nitrogen and oxygen atoms in total. The summed E-state index contributed by atoms with van der Waals surface area (Å²) in [6, 6.07) is 7.73. The Hall–Kier alpha value is -1.81. The van der Waals surface area contributed by atoms with E-state index in [9.17, 15) is 9.59 Å². The highest BCUT2D eigenvalue weighted by molar-refractivity contribution is 6.24. The van der Waals surface area contributed by atoms with Crippen LogP contribution in [0.15, 0.2) is 24.3 Å². The van der Waals surface area contributed by atoms with Crippen molar-refractivity contribution in [1.82, 2.24) is 4.98 Å². The first kappa shape index (κ1) is 18.2. The molecule has 4 bridgehead atoms. The summed E-state index contributed by atoms with van der Waals surface area (Å²) in [7, 11) is 0. The number of hydrogen-bond donors (Lipinski definition) is 1. The second-order valence-electron chi connectivity index (χ2n) is 9.47. The van der Waals surface area contributed by atoms with Crippen molar-refractivity contribution in [2.45, 2.75) is 63.4 Å². The van der Waals surface area contributed by atoms with Crippen LogP contribution in [0.3, 0.4) is 0 Å². The number of rotatable bonds is 4. The number of ether oxygens (including phenoxy) is 1. The highest BCUT2D eigenvalue weighted by Crippen LogP contribution is 2.64. The van der Waals surface area contributed by atoms with E-state index in [0.717, 1.165) is 42.3 Å². The minimum Gasteiger partial charge on any atom is -0.454 e. The number of alkyl halides is 1. The summed E-state index contributed by atoms with van der Waals surface area (Å²) in [4.78, 5) is 29.4. The number of fused-ring (bicyclic) bond motifs is 1. The van der Waals surface area contributed by atoms with Crippen molar-refractivity contribution >= 4 is 34.3 Å². The third-order valence-corrected chi connectivity index (χ3v) is 7.66. The number of carbonyl (C=O) groups is 2. The van der Waals surface area contributed by atoms with Gasteiger partial charge in [-0.05, 0) is 70.3 Å². The SMILES string of the molecule is Cc1[nH]c2ccccc2c1C(=O)[C@H](C)OC(=O)C12C[C@H]3C[C@@H](CC(Cl)(C3)C1)C2. The first-order valence-electron chi connectivity index (χ1n) is 10.3. The lowest BCUT2D eigenvalue weighted by molar-refractivity contribution is -0.172. The Kier molecular flexibility index (Phi) is 3.97. The standard InChI is InChI=1S/C23H26ClNO3/c1-13-19(17-5-3-4-6-18(17)25-13)20(26)14(2)28-21(27)22-8-15-7-16(9-22)11-23(24,10-15)12-22/h3-6,14-16,25H,7-12H2,1-2H3/t14-,15+,16+,22?,23?/m0/s1. The zero-order valence-electron chi connectivity index (χ0n) is 16.4. The maximum Gasteiger partial charge on any atom is 0.312 e. The van der Waals surface area contributed by atoms with Gasteiger partial charge in [-0.2, -0.15) is 0 Å². The number of carbonyl (C=O) groups excluding carboxylic acids is 2. The van der Waals surface area contributed by atoms with Crippen LogP contribution < -0.4 is 0 Å².